The second kappa shape index (κ2) is 6.36. The number of ether oxygens (including phenoxy) is 2. The summed E-state index contributed by atoms with van der Waals surface area (Å²) in [5.41, 5.74) is 0.461. The molecule has 6 heteroatoms. The molecular weight excluding hydrogens is 222 g/mol. The fourth-order valence-electron chi connectivity index (χ4n) is 1.46. The van der Waals surface area contributed by atoms with Crippen LogP contribution in [0.25, 0.3) is 0 Å². The van der Waals surface area contributed by atoms with Gasteiger partial charge in [-0.15, -0.1) is 0 Å². The maximum atomic E-state index is 11.4. The van der Waals surface area contributed by atoms with Gasteiger partial charge in [0.15, 0.2) is 0 Å². The van der Waals surface area contributed by atoms with E-state index in [1.807, 2.05) is 7.05 Å². The Morgan fingerprint density at radius 1 is 1.53 bits per heavy atom. The lowest BCUT2D eigenvalue weighted by Crippen LogP contribution is -2.24. The predicted octanol–water partition coefficient (Wildman–Crippen LogP) is 0.285. The molecule has 1 heterocycles. The highest BCUT2D eigenvalue weighted by Gasteiger charge is 2.14. The summed E-state index contributed by atoms with van der Waals surface area (Å²) in [4.78, 5) is 17.7. The minimum absolute atomic E-state index is 0.370. The van der Waals surface area contributed by atoms with Crippen molar-refractivity contribution in [2.24, 2.45) is 7.05 Å². The number of hydrogen-bond acceptors (Lipinski definition) is 5. The van der Waals surface area contributed by atoms with E-state index in [1.54, 1.807) is 18.7 Å². The highest BCUT2D eigenvalue weighted by Crippen LogP contribution is 2.06. The third-order valence-corrected chi connectivity index (χ3v) is 2.57. The van der Waals surface area contributed by atoms with Gasteiger partial charge in [-0.25, -0.2) is 9.78 Å². The number of esters is 1. The molecule has 96 valence electrons. The van der Waals surface area contributed by atoms with Crippen LogP contribution in [-0.2, 0) is 23.1 Å². The fourth-order valence-corrected chi connectivity index (χ4v) is 1.46. The molecule has 17 heavy (non-hydrogen) atoms. The quantitative estimate of drug-likeness (QED) is 0.670. The standard InChI is InChI=1S/C11H19N3O3/c1-13(5-6-16-3)8-10-12-7-9(14(10)2)11(15)17-4/h7H,5-6,8H2,1-4H3. The Balaban J connectivity index is 2.66. The van der Waals surface area contributed by atoms with Crippen LogP contribution in [0.1, 0.15) is 16.3 Å². The smallest absolute Gasteiger partial charge is 0.356 e. The average Bonchev–Trinajstić information content (AvgIpc) is 2.67. The first-order valence-corrected chi connectivity index (χ1v) is 5.36. The van der Waals surface area contributed by atoms with Gasteiger partial charge in [-0.05, 0) is 7.05 Å². The molecule has 0 aromatic carbocycles. The number of likely N-dealkylation sites (N-methyl/N-ethyl adjacent to an activating group) is 1. The Kier molecular flexibility index (Phi) is 5.11. The summed E-state index contributed by atoms with van der Waals surface area (Å²) in [6.45, 7) is 2.15. The van der Waals surface area contributed by atoms with Crippen molar-refractivity contribution in [3.8, 4) is 0 Å². The molecule has 0 amide bonds. The number of nitrogens with zero attached hydrogens (tertiary/aromatic N) is 3. The van der Waals surface area contributed by atoms with Crippen molar-refractivity contribution in [1.82, 2.24) is 14.5 Å². The van der Waals surface area contributed by atoms with E-state index >= 15 is 0 Å². The van der Waals surface area contributed by atoms with Crippen LogP contribution in [0.3, 0.4) is 0 Å². The zero-order chi connectivity index (χ0) is 12.8. The van der Waals surface area contributed by atoms with Crippen molar-refractivity contribution in [3.05, 3.63) is 17.7 Å². The lowest BCUT2D eigenvalue weighted by molar-refractivity contribution is 0.0589. The van der Waals surface area contributed by atoms with E-state index in [2.05, 4.69) is 14.6 Å². The number of aromatic nitrogens is 2. The molecule has 0 aliphatic carbocycles. The third-order valence-electron chi connectivity index (χ3n) is 2.57. The summed E-state index contributed by atoms with van der Waals surface area (Å²) in [5.74, 6) is 0.454. The molecule has 0 aliphatic heterocycles. The average molecular weight is 241 g/mol. The molecule has 0 N–H and O–H groups in total. The molecular formula is C11H19N3O3. The van der Waals surface area contributed by atoms with Crippen LogP contribution in [0, 0.1) is 0 Å². The minimum atomic E-state index is -0.370. The van der Waals surface area contributed by atoms with Crippen molar-refractivity contribution in [3.63, 3.8) is 0 Å². The number of carbonyl (C=O) groups is 1. The summed E-state index contributed by atoms with van der Waals surface area (Å²) in [6, 6.07) is 0. The Morgan fingerprint density at radius 2 is 2.24 bits per heavy atom. The first-order valence-electron chi connectivity index (χ1n) is 5.36. The van der Waals surface area contributed by atoms with Gasteiger partial charge in [0.25, 0.3) is 0 Å². The van der Waals surface area contributed by atoms with Crippen LogP contribution < -0.4 is 0 Å². The molecule has 0 aliphatic rings. The number of rotatable bonds is 6. The summed E-state index contributed by atoms with van der Waals surface area (Å²) in [7, 11) is 6.81. The number of methoxy groups -OCH3 is 2. The summed E-state index contributed by atoms with van der Waals surface area (Å²) >= 11 is 0. The molecule has 6 nitrogen and oxygen atoms in total. The molecule has 0 atom stereocenters. The van der Waals surface area contributed by atoms with Crippen molar-refractivity contribution in [2.45, 2.75) is 6.54 Å². The van der Waals surface area contributed by atoms with Crippen LogP contribution in [0.5, 0.6) is 0 Å². The van der Waals surface area contributed by atoms with Crippen molar-refractivity contribution in [1.29, 1.82) is 0 Å². The fraction of sp³-hybridized carbons (Fsp3) is 0.636. The normalized spacial score (nSPS) is 10.9. The van der Waals surface area contributed by atoms with E-state index in [1.165, 1.54) is 13.3 Å². The second-order valence-corrected chi connectivity index (χ2v) is 3.84. The molecule has 0 saturated carbocycles. The molecule has 0 fully saturated rings. The Hall–Kier alpha value is -1.40. The second-order valence-electron chi connectivity index (χ2n) is 3.84. The van der Waals surface area contributed by atoms with E-state index in [9.17, 15) is 4.79 Å². The Morgan fingerprint density at radius 3 is 2.82 bits per heavy atom. The monoisotopic (exact) mass is 241 g/mol. The maximum Gasteiger partial charge on any atom is 0.356 e. The van der Waals surface area contributed by atoms with Crippen LogP contribution in [0.2, 0.25) is 0 Å². The van der Waals surface area contributed by atoms with Crippen LogP contribution in [0.15, 0.2) is 6.20 Å². The van der Waals surface area contributed by atoms with Gasteiger partial charge in [0.05, 0.1) is 26.5 Å². The van der Waals surface area contributed by atoms with Gasteiger partial charge < -0.3 is 14.0 Å². The molecule has 1 aromatic heterocycles. The van der Waals surface area contributed by atoms with Crippen molar-refractivity contribution < 1.29 is 14.3 Å². The van der Waals surface area contributed by atoms with Crippen LogP contribution in [-0.4, -0.2) is 54.8 Å². The van der Waals surface area contributed by atoms with E-state index < -0.39 is 0 Å². The largest absolute Gasteiger partial charge is 0.464 e. The molecule has 0 spiro atoms. The van der Waals surface area contributed by atoms with Gasteiger partial charge in [-0.3, -0.25) is 4.90 Å². The van der Waals surface area contributed by atoms with E-state index in [-0.39, 0.29) is 5.97 Å². The van der Waals surface area contributed by atoms with E-state index in [4.69, 9.17) is 4.74 Å². The van der Waals surface area contributed by atoms with Gasteiger partial charge in [0, 0.05) is 20.7 Å². The summed E-state index contributed by atoms with van der Waals surface area (Å²) in [5, 5.41) is 0. The SMILES string of the molecule is COCCN(C)Cc1ncc(C(=O)OC)n1C. The number of carbonyl (C=O) groups excluding carboxylic acids is 1. The first kappa shape index (κ1) is 13.7. The van der Waals surface area contributed by atoms with Crippen molar-refractivity contribution in [2.75, 3.05) is 34.4 Å². The molecule has 0 radical (unpaired) electrons. The molecule has 0 saturated heterocycles. The highest BCUT2D eigenvalue weighted by atomic mass is 16.5. The predicted molar refractivity (Wildman–Crippen MR) is 62.8 cm³/mol. The number of imidazole rings is 1. The lowest BCUT2D eigenvalue weighted by Gasteiger charge is -2.15. The number of hydrogen-bond donors (Lipinski definition) is 0. The summed E-state index contributed by atoms with van der Waals surface area (Å²) in [6.07, 6.45) is 1.53. The zero-order valence-electron chi connectivity index (χ0n) is 10.8. The molecule has 1 rings (SSSR count). The Bertz CT molecular complexity index is 376. The van der Waals surface area contributed by atoms with Crippen LogP contribution >= 0.6 is 0 Å². The van der Waals surface area contributed by atoms with Gasteiger partial charge >= 0.3 is 5.97 Å². The highest BCUT2D eigenvalue weighted by molar-refractivity contribution is 5.87. The topological polar surface area (TPSA) is 56.6 Å². The van der Waals surface area contributed by atoms with Crippen molar-refractivity contribution >= 4 is 5.97 Å². The zero-order valence-corrected chi connectivity index (χ0v) is 10.8. The van der Waals surface area contributed by atoms with Crippen LogP contribution in [0.4, 0.5) is 0 Å². The van der Waals surface area contributed by atoms with Gasteiger partial charge in [-0.1, -0.05) is 0 Å². The maximum absolute atomic E-state index is 11.4. The van der Waals surface area contributed by atoms with E-state index in [0.717, 1.165) is 12.4 Å². The lowest BCUT2D eigenvalue weighted by atomic mass is 10.4. The van der Waals surface area contributed by atoms with Gasteiger partial charge in [0.2, 0.25) is 0 Å². The van der Waals surface area contributed by atoms with Gasteiger partial charge in [-0.2, -0.15) is 0 Å². The molecule has 0 unspecified atom stereocenters. The first-order chi connectivity index (χ1) is 8.10. The summed E-state index contributed by atoms with van der Waals surface area (Å²) < 4.78 is 11.4. The molecule has 0 bridgehead atoms. The molecule has 1 aromatic rings. The van der Waals surface area contributed by atoms with Gasteiger partial charge in [0.1, 0.15) is 11.5 Å². The third kappa shape index (κ3) is 3.54. The minimum Gasteiger partial charge on any atom is -0.464 e. The van der Waals surface area contributed by atoms with E-state index in [0.29, 0.717) is 18.8 Å². The Labute approximate surface area is 101 Å².